The molecule has 11 heteroatoms. The Hall–Kier alpha value is -3.02. The molecule has 0 saturated carbocycles. The van der Waals surface area contributed by atoms with E-state index in [1.807, 2.05) is 24.3 Å². The maximum Gasteiger partial charge on any atom is 0.233 e. The van der Waals surface area contributed by atoms with Crippen LogP contribution in [0.4, 0.5) is 23.3 Å². The van der Waals surface area contributed by atoms with Crippen molar-refractivity contribution in [2.45, 2.75) is 26.1 Å². The minimum atomic E-state index is -0.643. The minimum absolute atomic E-state index is 0.0939. The number of aliphatic hydroxyl groups excluding tert-OH is 2. The monoisotopic (exact) mass is 490 g/mol. The summed E-state index contributed by atoms with van der Waals surface area (Å²) >= 11 is 3.36. The first-order valence-electron chi connectivity index (χ1n) is 9.52. The van der Waals surface area contributed by atoms with Gasteiger partial charge >= 0.3 is 0 Å². The molecule has 0 fully saturated rings. The summed E-state index contributed by atoms with van der Waals surface area (Å²) in [5.74, 6) is 1.38. The van der Waals surface area contributed by atoms with Gasteiger partial charge in [-0.1, -0.05) is 6.07 Å². The standard InChI is InChI=1S/C20H23BrN6O4/c1-12(29)13(2)31-18-16(21)11-23-20(27-18)25-15-5-3-4-14(10-15)24-19-22-7-6-17(26-19)30-9-8-28/h3-7,10-13,28-29H,8-9H2,1-2H3,(H,22,24,26)(H,23,25,27)/t12?,13-/m1/s1. The molecule has 0 spiro atoms. The molecule has 0 saturated heterocycles. The van der Waals surface area contributed by atoms with Crippen LogP contribution in [0.3, 0.4) is 0 Å². The summed E-state index contributed by atoms with van der Waals surface area (Å²) in [4.78, 5) is 17.0. The normalized spacial score (nSPS) is 12.7. The molecule has 10 nitrogen and oxygen atoms in total. The molecule has 0 amide bonds. The molecule has 1 unspecified atom stereocenters. The van der Waals surface area contributed by atoms with E-state index in [4.69, 9.17) is 14.6 Å². The Labute approximate surface area is 187 Å². The number of ether oxygens (including phenoxy) is 2. The third-order valence-electron chi connectivity index (χ3n) is 4.03. The summed E-state index contributed by atoms with van der Waals surface area (Å²) in [6.07, 6.45) is 2.07. The van der Waals surface area contributed by atoms with E-state index in [9.17, 15) is 5.11 Å². The summed E-state index contributed by atoms with van der Waals surface area (Å²) in [5, 5.41) is 24.7. The fourth-order valence-electron chi connectivity index (χ4n) is 2.33. The predicted molar refractivity (Wildman–Crippen MR) is 119 cm³/mol. The lowest BCUT2D eigenvalue weighted by molar-refractivity contribution is 0.0569. The molecule has 0 bridgehead atoms. The Morgan fingerprint density at radius 1 is 1.06 bits per heavy atom. The van der Waals surface area contributed by atoms with E-state index in [-0.39, 0.29) is 13.2 Å². The third-order valence-corrected chi connectivity index (χ3v) is 4.58. The van der Waals surface area contributed by atoms with Crippen molar-refractivity contribution in [1.29, 1.82) is 0 Å². The molecule has 164 valence electrons. The van der Waals surface area contributed by atoms with Crippen molar-refractivity contribution < 1.29 is 19.7 Å². The van der Waals surface area contributed by atoms with Crippen LogP contribution in [0.2, 0.25) is 0 Å². The van der Waals surface area contributed by atoms with Crippen LogP contribution in [-0.2, 0) is 0 Å². The van der Waals surface area contributed by atoms with Crippen molar-refractivity contribution >= 4 is 39.2 Å². The fourth-order valence-corrected chi connectivity index (χ4v) is 2.62. The first-order valence-corrected chi connectivity index (χ1v) is 10.3. The van der Waals surface area contributed by atoms with Gasteiger partial charge in [0.25, 0.3) is 0 Å². The van der Waals surface area contributed by atoms with Crippen molar-refractivity contribution in [2.24, 2.45) is 0 Å². The van der Waals surface area contributed by atoms with Gasteiger partial charge in [0.2, 0.25) is 23.7 Å². The fraction of sp³-hybridized carbons (Fsp3) is 0.300. The summed E-state index contributed by atoms with van der Waals surface area (Å²) in [7, 11) is 0. The number of aromatic nitrogens is 4. The molecule has 0 radical (unpaired) electrons. The SMILES string of the molecule is CC(O)[C@@H](C)Oc1nc(Nc2cccc(Nc3nccc(OCCO)n3)c2)ncc1Br. The second-order valence-electron chi connectivity index (χ2n) is 6.53. The average Bonchev–Trinajstić information content (AvgIpc) is 2.75. The van der Waals surface area contributed by atoms with Crippen molar-refractivity contribution in [1.82, 2.24) is 19.9 Å². The van der Waals surface area contributed by atoms with Crippen LogP contribution in [0.1, 0.15) is 13.8 Å². The molecule has 1 aromatic carbocycles. The molecule has 3 rings (SSSR count). The molecule has 4 N–H and O–H groups in total. The Balaban J connectivity index is 1.71. The first kappa shape index (κ1) is 22.7. The number of anilines is 4. The van der Waals surface area contributed by atoms with Crippen molar-refractivity contribution in [3.8, 4) is 11.8 Å². The van der Waals surface area contributed by atoms with E-state index in [1.165, 1.54) is 0 Å². The zero-order valence-electron chi connectivity index (χ0n) is 17.0. The number of nitrogens with zero attached hydrogens (tertiary/aromatic N) is 4. The van der Waals surface area contributed by atoms with Gasteiger partial charge in [-0.15, -0.1) is 0 Å². The zero-order valence-corrected chi connectivity index (χ0v) is 18.6. The van der Waals surface area contributed by atoms with E-state index in [1.54, 1.807) is 32.3 Å². The number of benzene rings is 1. The maximum absolute atomic E-state index is 9.65. The van der Waals surface area contributed by atoms with E-state index in [2.05, 4.69) is 46.5 Å². The largest absolute Gasteiger partial charge is 0.475 e. The van der Waals surface area contributed by atoms with Crippen molar-refractivity contribution in [3.63, 3.8) is 0 Å². The Morgan fingerprint density at radius 3 is 2.45 bits per heavy atom. The summed E-state index contributed by atoms with van der Waals surface area (Å²) in [6.45, 7) is 3.47. The highest BCUT2D eigenvalue weighted by Gasteiger charge is 2.15. The second-order valence-corrected chi connectivity index (χ2v) is 7.39. The summed E-state index contributed by atoms with van der Waals surface area (Å²) < 4.78 is 11.6. The molecule has 2 atom stereocenters. The molecule has 3 aromatic rings. The van der Waals surface area contributed by atoms with Gasteiger partial charge in [-0.2, -0.15) is 9.97 Å². The first-order chi connectivity index (χ1) is 14.9. The summed E-state index contributed by atoms with van der Waals surface area (Å²) in [6, 6.07) is 9.02. The lowest BCUT2D eigenvalue weighted by atomic mass is 10.2. The van der Waals surface area contributed by atoms with Crippen LogP contribution in [-0.4, -0.2) is 55.6 Å². The van der Waals surface area contributed by atoms with Gasteiger partial charge in [0.1, 0.15) is 12.7 Å². The molecule has 2 heterocycles. The Kier molecular flexibility index (Phi) is 7.93. The second kappa shape index (κ2) is 10.8. The molecular weight excluding hydrogens is 468 g/mol. The van der Waals surface area contributed by atoms with Gasteiger partial charge in [-0.3, -0.25) is 0 Å². The maximum atomic E-state index is 9.65. The molecular formula is C20H23BrN6O4. The van der Waals surface area contributed by atoms with E-state index in [0.717, 1.165) is 11.4 Å². The highest BCUT2D eigenvalue weighted by molar-refractivity contribution is 9.10. The van der Waals surface area contributed by atoms with Gasteiger partial charge < -0.3 is 30.3 Å². The lowest BCUT2D eigenvalue weighted by Crippen LogP contribution is -2.26. The van der Waals surface area contributed by atoms with Crippen LogP contribution >= 0.6 is 15.9 Å². The number of aliphatic hydroxyl groups is 2. The topological polar surface area (TPSA) is 135 Å². The average molecular weight is 491 g/mol. The predicted octanol–water partition coefficient (Wildman–Crippen LogP) is 3.04. The van der Waals surface area contributed by atoms with Gasteiger partial charge in [-0.05, 0) is 48.0 Å². The zero-order chi connectivity index (χ0) is 22.2. The lowest BCUT2D eigenvalue weighted by Gasteiger charge is -2.17. The molecule has 2 aromatic heterocycles. The Morgan fingerprint density at radius 2 is 1.77 bits per heavy atom. The third kappa shape index (κ3) is 6.74. The Bertz CT molecular complexity index is 1010. The number of rotatable bonds is 10. The van der Waals surface area contributed by atoms with Crippen LogP contribution in [0.25, 0.3) is 0 Å². The molecule has 0 aliphatic heterocycles. The van der Waals surface area contributed by atoms with Gasteiger partial charge in [0.15, 0.2) is 0 Å². The van der Waals surface area contributed by atoms with Gasteiger partial charge in [0.05, 0.1) is 23.4 Å². The van der Waals surface area contributed by atoms with Crippen molar-refractivity contribution in [2.75, 3.05) is 23.8 Å². The smallest absolute Gasteiger partial charge is 0.233 e. The number of halogens is 1. The molecule has 0 aliphatic rings. The number of nitrogens with one attached hydrogen (secondary N) is 2. The summed E-state index contributed by atoms with van der Waals surface area (Å²) in [5.41, 5.74) is 1.47. The minimum Gasteiger partial charge on any atom is -0.475 e. The highest BCUT2D eigenvalue weighted by Crippen LogP contribution is 2.26. The quantitative estimate of drug-likeness (QED) is 0.335. The van der Waals surface area contributed by atoms with Gasteiger partial charge in [-0.25, -0.2) is 9.97 Å². The molecule has 31 heavy (non-hydrogen) atoms. The number of hydrogen-bond acceptors (Lipinski definition) is 10. The number of hydrogen-bond donors (Lipinski definition) is 4. The van der Waals surface area contributed by atoms with E-state index >= 15 is 0 Å². The molecule has 0 aliphatic carbocycles. The van der Waals surface area contributed by atoms with Crippen LogP contribution in [0, 0.1) is 0 Å². The van der Waals surface area contributed by atoms with Crippen LogP contribution in [0.15, 0.2) is 47.2 Å². The van der Waals surface area contributed by atoms with Crippen LogP contribution in [0.5, 0.6) is 11.8 Å². The van der Waals surface area contributed by atoms with Crippen LogP contribution < -0.4 is 20.1 Å². The van der Waals surface area contributed by atoms with E-state index in [0.29, 0.717) is 28.1 Å². The van der Waals surface area contributed by atoms with Gasteiger partial charge in [0, 0.05) is 23.6 Å². The highest BCUT2D eigenvalue weighted by atomic mass is 79.9. The van der Waals surface area contributed by atoms with E-state index < -0.39 is 12.2 Å². The van der Waals surface area contributed by atoms with Crippen molar-refractivity contribution in [3.05, 3.63) is 47.2 Å².